The van der Waals surface area contributed by atoms with Crippen molar-refractivity contribution < 1.29 is 41.0 Å². The zero-order valence-corrected chi connectivity index (χ0v) is 35.0. The third-order valence-corrected chi connectivity index (χ3v) is 14.6. The Kier molecular flexibility index (Phi) is 11.6. The van der Waals surface area contributed by atoms with E-state index >= 15 is 0 Å². The number of amides is 2. The maximum Gasteiger partial charge on any atom is 0.286 e. The monoisotopic (exact) mass is 843 g/mol. The molecule has 1 fully saturated rings. The van der Waals surface area contributed by atoms with Gasteiger partial charge in [-0.2, -0.15) is 8.42 Å². The molecule has 2 aliphatic carbocycles. The van der Waals surface area contributed by atoms with E-state index < -0.39 is 42.9 Å². The Labute approximate surface area is 339 Å². The topological polar surface area (TPSA) is 179 Å². The van der Waals surface area contributed by atoms with Gasteiger partial charge < -0.3 is 19.5 Å². The summed E-state index contributed by atoms with van der Waals surface area (Å²) in [6, 6.07) is 11.1. The lowest BCUT2D eigenvalue weighted by atomic mass is 9.63. The molecule has 0 saturated heterocycles. The number of hydrogen-bond donors (Lipinski definition) is 2. The summed E-state index contributed by atoms with van der Waals surface area (Å²) in [4.78, 5) is 29.9. The number of aryl methyl sites for hydroxylation is 2. The molecule has 57 heavy (non-hydrogen) atoms. The normalized spacial score (nSPS) is 29.5. The van der Waals surface area contributed by atoms with Crippen LogP contribution in [0, 0.1) is 17.8 Å². The summed E-state index contributed by atoms with van der Waals surface area (Å²) in [5, 5.41) is 17.2. The minimum Gasteiger partial charge on any atom is -0.490 e. The SMILES string of the molecule is COc1nn(C)cc1C(=O)NS1(=O)=NC(=O)c2ccc3c(c2)N(C[C@@H]2CC[C@H]2C(O)(CCOS(C)(=O)=O)/C=C/C[C@H](C)C1)C[C@@]1(CCCc2cc(Cl)ccc21)CO3. The van der Waals surface area contributed by atoms with Crippen LogP contribution in [-0.2, 0) is 43.1 Å². The first-order valence-corrected chi connectivity index (χ1v) is 23.1. The van der Waals surface area contributed by atoms with E-state index in [0.717, 1.165) is 31.9 Å². The lowest BCUT2D eigenvalue weighted by Crippen LogP contribution is -2.52. The number of aliphatic hydroxyl groups is 1. The predicted molar refractivity (Wildman–Crippen MR) is 217 cm³/mol. The largest absolute Gasteiger partial charge is 0.490 e. The van der Waals surface area contributed by atoms with Crippen molar-refractivity contribution in [1.29, 1.82) is 0 Å². The molecule has 2 amide bonds. The van der Waals surface area contributed by atoms with Gasteiger partial charge in [0.25, 0.3) is 21.9 Å². The Morgan fingerprint density at radius 3 is 2.75 bits per heavy atom. The second kappa shape index (κ2) is 16.0. The van der Waals surface area contributed by atoms with Gasteiger partial charge in [0, 0.05) is 48.8 Å². The van der Waals surface area contributed by atoms with Crippen molar-refractivity contribution in [3.05, 3.63) is 82.0 Å². The molecule has 1 aromatic heterocycles. The van der Waals surface area contributed by atoms with Crippen LogP contribution in [0.5, 0.6) is 11.6 Å². The molecule has 2 unspecified atom stereocenters. The van der Waals surface area contributed by atoms with E-state index in [1.54, 1.807) is 37.4 Å². The Morgan fingerprint density at radius 2 is 2.02 bits per heavy atom. The van der Waals surface area contributed by atoms with E-state index in [4.69, 9.17) is 25.3 Å². The van der Waals surface area contributed by atoms with Gasteiger partial charge in [-0.1, -0.05) is 36.7 Å². The summed E-state index contributed by atoms with van der Waals surface area (Å²) in [6.07, 6.45) is 10.5. The van der Waals surface area contributed by atoms with Crippen LogP contribution in [0.15, 0.2) is 59.1 Å². The molecule has 3 heterocycles. The van der Waals surface area contributed by atoms with Gasteiger partial charge in [-0.15, -0.1) is 9.46 Å². The number of benzene rings is 2. The third-order valence-electron chi connectivity index (χ3n) is 11.8. The molecule has 1 saturated carbocycles. The highest BCUT2D eigenvalue weighted by Crippen LogP contribution is 2.49. The molecule has 0 radical (unpaired) electrons. The third kappa shape index (κ3) is 8.89. The second-order valence-corrected chi connectivity index (χ2v) is 20.2. The number of carbonyl (C=O) groups is 2. The van der Waals surface area contributed by atoms with E-state index in [2.05, 4.69) is 25.1 Å². The first kappa shape index (κ1) is 41.2. The number of nitrogens with zero attached hydrogens (tertiary/aromatic N) is 4. The van der Waals surface area contributed by atoms with Gasteiger partial charge in [-0.3, -0.25) is 23.2 Å². The standard InChI is InChI=1S/C40H50ClN5O9S2/c1-26-7-5-16-40(49,17-18-55-56(4,50)51)33-12-9-29(33)21-46-24-39(15-6-8-27-19-30(41)11-13-32(27)39)25-54-35-14-10-28(20-34(35)46)36(47)43-57(52,23-26)44-37(48)31-22-45(2)42-38(31)53-3/h5,10-11,13-14,16,19-20,22,26,29,33,49H,6-9,12,15,17-18,21,23-25H2,1-4H3,(H,43,44,47,48,52)/b16-5+/t26-,29-,33+,39-,40?,57?/m0/s1. The number of ether oxygens (including phenoxy) is 2. The predicted octanol–water partition coefficient (Wildman–Crippen LogP) is 5.23. The molecule has 2 N–H and O–H groups in total. The number of hydrogen-bond acceptors (Lipinski definition) is 11. The van der Waals surface area contributed by atoms with Crippen LogP contribution in [-0.4, -0.2) is 90.4 Å². The Balaban J connectivity index is 1.32. The quantitative estimate of drug-likeness (QED) is 0.235. The smallest absolute Gasteiger partial charge is 0.286 e. The second-order valence-electron chi connectivity index (χ2n) is 16.1. The van der Waals surface area contributed by atoms with Crippen molar-refractivity contribution in [1.82, 2.24) is 14.5 Å². The van der Waals surface area contributed by atoms with E-state index in [9.17, 15) is 27.3 Å². The first-order chi connectivity index (χ1) is 27.0. The highest BCUT2D eigenvalue weighted by Gasteiger charge is 2.48. The van der Waals surface area contributed by atoms with Crippen LogP contribution >= 0.6 is 11.6 Å². The van der Waals surface area contributed by atoms with E-state index in [-0.39, 0.29) is 53.5 Å². The van der Waals surface area contributed by atoms with Crippen LogP contribution in [0.1, 0.15) is 77.3 Å². The van der Waals surface area contributed by atoms with Gasteiger partial charge in [0.1, 0.15) is 21.2 Å². The molecule has 4 aliphatic rings. The maximum atomic E-state index is 14.7. The molecular weight excluding hydrogens is 794 g/mol. The van der Waals surface area contributed by atoms with Crippen molar-refractivity contribution in [2.45, 2.75) is 62.9 Å². The molecule has 7 rings (SSSR count). The Morgan fingerprint density at radius 1 is 1.21 bits per heavy atom. The van der Waals surface area contributed by atoms with Gasteiger partial charge in [0.2, 0.25) is 5.88 Å². The van der Waals surface area contributed by atoms with Gasteiger partial charge in [0.05, 0.1) is 43.6 Å². The summed E-state index contributed by atoms with van der Waals surface area (Å²) < 4.78 is 63.8. The summed E-state index contributed by atoms with van der Waals surface area (Å²) in [7, 11) is -4.52. The minimum absolute atomic E-state index is 0.00181. The molecular formula is C40H50ClN5O9S2. The molecule has 2 aromatic carbocycles. The average molecular weight is 844 g/mol. The van der Waals surface area contributed by atoms with Gasteiger partial charge >= 0.3 is 0 Å². The number of allylic oxidation sites excluding steroid dienone is 1. The Hall–Kier alpha value is -3.96. The number of rotatable bonds is 7. The highest BCUT2D eigenvalue weighted by atomic mass is 35.5. The zero-order valence-electron chi connectivity index (χ0n) is 32.6. The van der Waals surface area contributed by atoms with Crippen molar-refractivity contribution in [3.63, 3.8) is 0 Å². The number of carbonyl (C=O) groups excluding carboxylic acids is 2. The lowest BCUT2D eigenvalue weighted by molar-refractivity contribution is -0.0563. The summed E-state index contributed by atoms with van der Waals surface area (Å²) in [5.74, 6) is -1.74. The van der Waals surface area contributed by atoms with Crippen LogP contribution in [0.3, 0.4) is 0 Å². The Bertz CT molecular complexity index is 2320. The maximum absolute atomic E-state index is 14.7. The van der Waals surface area contributed by atoms with Crippen LogP contribution in [0.4, 0.5) is 5.69 Å². The van der Waals surface area contributed by atoms with E-state index in [0.29, 0.717) is 49.0 Å². The van der Waals surface area contributed by atoms with Gasteiger partial charge in [-0.25, -0.2) is 4.21 Å². The van der Waals surface area contributed by atoms with E-state index in [1.165, 1.54) is 29.1 Å². The lowest BCUT2D eigenvalue weighted by Gasteiger charge is -2.49. The molecule has 17 heteroatoms. The average Bonchev–Trinajstić information content (AvgIpc) is 3.44. The molecule has 308 valence electrons. The van der Waals surface area contributed by atoms with Crippen LogP contribution in [0.2, 0.25) is 5.02 Å². The number of fused-ring (bicyclic) bond motifs is 4. The number of anilines is 1. The number of nitrogens with one attached hydrogen (secondary N) is 1. The fourth-order valence-corrected chi connectivity index (χ4v) is 11.4. The van der Waals surface area contributed by atoms with Crippen molar-refractivity contribution in [2.24, 2.45) is 29.2 Å². The number of methoxy groups -OCH3 is 1. The molecule has 14 nitrogen and oxygen atoms in total. The first-order valence-electron chi connectivity index (χ1n) is 19.2. The summed E-state index contributed by atoms with van der Waals surface area (Å²) >= 11 is 6.46. The number of halogens is 1. The van der Waals surface area contributed by atoms with Crippen molar-refractivity contribution in [2.75, 3.05) is 50.3 Å². The molecule has 3 aromatic rings. The highest BCUT2D eigenvalue weighted by molar-refractivity contribution is 7.92. The fourth-order valence-electron chi connectivity index (χ4n) is 8.95. The van der Waals surface area contributed by atoms with Crippen LogP contribution in [0.25, 0.3) is 0 Å². The molecule has 6 atom stereocenters. The van der Waals surface area contributed by atoms with Gasteiger partial charge in [0.15, 0.2) is 0 Å². The fraction of sp³-hybridized carbons (Fsp3) is 0.525. The number of aromatic nitrogens is 2. The van der Waals surface area contributed by atoms with Crippen molar-refractivity contribution in [3.8, 4) is 11.6 Å². The molecule has 2 bridgehead atoms. The molecule has 1 spiro atoms. The van der Waals surface area contributed by atoms with Crippen LogP contribution < -0.4 is 19.1 Å². The van der Waals surface area contributed by atoms with E-state index in [1.807, 2.05) is 19.1 Å². The van der Waals surface area contributed by atoms with Crippen molar-refractivity contribution >= 4 is 49.1 Å². The minimum atomic E-state index is -3.75. The van der Waals surface area contributed by atoms with Gasteiger partial charge in [-0.05, 0) is 97.7 Å². The molecule has 2 aliphatic heterocycles. The summed E-state index contributed by atoms with van der Waals surface area (Å²) in [6.45, 7) is 3.06. The summed E-state index contributed by atoms with van der Waals surface area (Å²) in [5.41, 5.74) is 1.38. The zero-order chi connectivity index (χ0) is 40.8.